The maximum absolute atomic E-state index is 12.4. The van der Waals surface area contributed by atoms with Crippen LogP contribution >= 0.6 is 0 Å². The number of aromatic nitrogens is 1. The highest BCUT2D eigenvalue weighted by atomic mass is 16.5. The second-order valence-corrected chi connectivity index (χ2v) is 6.52. The van der Waals surface area contributed by atoms with Crippen molar-refractivity contribution in [2.75, 3.05) is 13.2 Å². The molecular formula is C22H22N2O3. The quantitative estimate of drug-likeness (QED) is 0.680. The Morgan fingerprint density at radius 3 is 2.56 bits per heavy atom. The van der Waals surface area contributed by atoms with Crippen LogP contribution in [0.15, 0.2) is 60.7 Å². The Morgan fingerprint density at radius 2 is 1.78 bits per heavy atom. The zero-order valence-electron chi connectivity index (χ0n) is 15.4. The van der Waals surface area contributed by atoms with Crippen LogP contribution < -0.4 is 5.32 Å². The molecule has 0 saturated heterocycles. The summed E-state index contributed by atoms with van der Waals surface area (Å²) in [6.07, 6.45) is 0. The van der Waals surface area contributed by atoms with Gasteiger partial charge in [0.1, 0.15) is 0 Å². The number of hydrogen-bond acceptors (Lipinski definition) is 4. The number of aryl methyl sites for hydroxylation is 1. The Morgan fingerprint density at radius 1 is 1.07 bits per heavy atom. The summed E-state index contributed by atoms with van der Waals surface area (Å²) in [6.45, 7) is 4.03. The van der Waals surface area contributed by atoms with Crippen LogP contribution in [0.4, 0.5) is 0 Å². The number of rotatable bonds is 6. The normalized spacial score (nSPS) is 11.8. The molecule has 138 valence electrons. The van der Waals surface area contributed by atoms with Crippen molar-refractivity contribution in [3.63, 3.8) is 0 Å². The highest BCUT2D eigenvalue weighted by Crippen LogP contribution is 2.19. The molecule has 0 unspecified atom stereocenters. The van der Waals surface area contributed by atoms with Gasteiger partial charge in [-0.15, -0.1) is 0 Å². The number of pyridine rings is 1. The van der Waals surface area contributed by atoms with Crippen LogP contribution in [0.3, 0.4) is 0 Å². The summed E-state index contributed by atoms with van der Waals surface area (Å²) < 4.78 is 5.21. The van der Waals surface area contributed by atoms with Crippen LogP contribution in [0.2, 0.25) is 0 Å². The minimum absolute atomic E-state index is 0.178. The molecule has 0 bridgehead atoms. The van der Waals surface area contributed by atoms with Crippen LogP contribution in [-0.4, -0.2) is 30.0 Å². The van der Waals surface area contributed by atoms with Gasteiger partial charge in [-0.3, -0.25) is 9.78 Å². The molecule has 1 atom stereocenters. The fourth-order valence-corrected chi connectivity index (χ4v) is 2.90. The monoisotopic (exact) mass is 362 g/mol. The summed E-state index contributed by atoms with van der Waals surface area (Å²) in [5.41, 5.74) is 3.02. The fourth-order valence-electron chi connectivity index (χ4n) is 2.90. The molecule has 0 aliphatic heterocycles. The highest BCUT2D eigenvalue weighted by Gasteiger charge is 2.15. The van der Waals surface area contributed by atoms with Gasteiger partial charge < -0.3 is 10.1 Å². The number of esters is 1. The lowest BCUT2D eigenvalue weighted by atomic mass is 10.0. The molecule has 1 aromatic heterocycles. The van der Waals surface area contributed by atoms with Crippen molar-refractivity contribution in [3.05, 3.63) is 77.5 Å². The molecule has 3 rings (SSSR count). The molecule has 1 heterocycles. The standard InChI is InChI=1S/C22H22N2O3/c1-15(17-8-4-3-5-9-17)13-23-21(25)14-27-22(26)19-12-16(2)24-20-11-7-6-10-18(19)20/h3-12,15H,13-14H2,1-2H3,(H,23,25)/t15-/m0/s1. The average molecular weight is 362 g/mol. The van der Waals surface area contributed by atoms with Crippen molar-refractivity contribution in [1.29, 1.82) is 0 Å². The van der Waals surface area contributed by atoms with E-state index in [1.807, 2.05) is 68.4 Å². The number of ether oxygens (including phenoxy) is 1. The first-order chi connectivity index (χ1) is 13.0. The third-order valence-electron chi connectivity index (χ3n) is 4.37. The van der Waals surface area contributed by atoms with Gasteiger partial charge in [-0.1, -0.05) is 55.5 Å². The maximum atomic E-state index is 12.4. The molecule has 0 aliphatic rings. The first-order valence-corrected chi connectivity index (χ1v) is 8.90. The van der Waals surface area contributed by atoms with E-state index >= 15 is 0 Å². The Hall–Kier alpha value is -3.21. The molecule has 1 amide bonds. The molecule has 5 nitrogen and oxygen atoms in total. The SMILES string of the molecule is Cc1cc(C(=O)OCC(=O)NC[C@H](C)c2ccccc2)c2ccccc2n1. The van der Waals surface area contributed by atoms with Gasteiger partial charge in [-0.25, -0.2) is 4.79 Å². The second kappa shape index (κ2) is 8.45. The summed E-state index contributed by atoms with van der Waals surface area (Å²) in [5.74, 6) is -0.665. The Bertz CT molecular complexity index is 954. The van der Waals surface area contributed by atoms with Gasteiger partial charge >= 0.3 is 5.97 Å². The number of hydrogen-bond donors (Lipinski definition) is 1. The summed E-state index contributed by atoms with van der Waals surface area (Å²) in [7, 11) is 0. The van der Waals surface area contributed by atoms with Gasteiger partial charge in [0.25, 0.3) is 5.91 Å². The lowest BCUT2D eigenvalue weighted by molar-refractivity contribution is -0.124. The van der Waals surface area contributed by atoms with E-state index in [1.54, 1.807) is 6.07 Å². The first kappa shape index (κ1) is 18.6. The van der Waals surface area contributed by atoms with E-state index in [9.17, 15) is 9.59 Å². The van der Waals surface area contributed by atoms with Gasteiger partial charge in [0, 0.05) is 17.6 Å². The van der Waals surface area contributed by atoms with Crippen LogP contribution in [-0.2, 0) is 9.53 Å². The van der Waals surface area contributed by atoms with Gasteiger partial charge in [0.05, 0.1) is 11.1 Å². The topological polar surface area (TPSA) is 68.3 Å². The summed E-state index contributed by atoms with van der Waals surface area (Å²) in [4.78, 5) is 28.9. The van der Waals surface area contributed by atoms with Crippen LogP contribution in [0.5, 0.6) is 0 Å². The van der Waals surface area contributed by atoms with Gasteiger partial charge in [0.2, 0.25) is 0 Å². The molecular weight excluding hydrogens is 340 g/mol. The molecule has 27 heavy (non-hydrogen) atoms. The van der Waals surface area contributed by atoms with E-state index in [0.717, 1.165) is 16.8 Å². The molecule has 0 spiro atoms. The molecule has 1 N–H and O–H groups in total. The number of para-hydroxylation sites is 1. The lowest BCUT2D eigenvalue weighted by Gasteiger charge is -2.13. The minimum atomic E-state index is -0.525. The molecule has 0 aliphatic carbocycles. The smallest absolute Gasteiger partial charge is 0.339 e. The number of nitrogens with zero attached hydrogens (tertiary/aromatic N) is 1. The molecule has 0 fully saturated rings. The highest BCUT2D eigenvalue weighted by molar-refractivity contribution is 6.04. The Kier molecular flexibility index (Phi) is 5.81. The Labute approximate surface area is 158 Å². The molecule has 2 aromatic carbocycles. The fraction of sp³-hybridized carbons (Fsp3) is 0.227. The number of benzene rings is 2. The molecule has 0 radical (unpaired) electrons. The predicted octanol–water partition coefficient (Wildman–Crippen LogP) is 3.62. The first-order valence-electron chi connectivity index (χ1n) is 8.90. The third-order valence-corrected chi connectivity index (χ3v) is 4.37. The second-order valence-electron chi connectivity index (χ2n) is 6.52. The number of fused-ring (bicyclic) bond motifs is 1. The van der Waals surface area contributed by atoms with Crippen molar-refractivity contribution in [3.8, 4) is 0 Å². The van der Waals surface area contributed by atoms with E-state index < -0.39 is 5.97 Å². The van der Waals surface area contributed by atoms with Crippen LogP contribution in [0.1, 0.15) is 34.5 Å². The van der Waals surface area contributed by atoms with Crippen molar-refractivity contribution < 1.29 is 14.3 Å². The molecule has 5 heteroatoms. The zero-order valence-corrected chi connectivity index (χ0v) is 15.4. The summed E-state index contributed by atoms with van der Waals surface area (Å²) in [5, 5.41) is 3.52. The van der Waals surface area contributed by atoms with Gasteiger partial charge in [-0.2, -0.15) is 0 Å². The zero-order chi connectivity index (χ0) is 19.2. The van der Waals surface area contributed by atoms with Crippen molar-refractivity contribution in [2.24, 2.45) is 0 Å². The predicted molar refractivity (Wildman–Crippen MR) is 105 cm³/mol. The molecule has 3 aromatic rings. The number of nitrogens with one attached hydrogen (secondary N) is 1. The minimum Gasteiger partial charge on any atom is -0.452 e. The number of carbonyl (C=O) groups is 2. The van der Waals surface area contributed by atoms with Gasteiger partial charge in [0.15, 0.2) is 6.61 Å². The van der Waals surface area contributed by atoms with E-state index in [4.69, 9.17) is 4.74 Å². The van der Waals surface area contributed by atoms with Crippen LogP contribution in [0.25, 0.3) is 10.9 Å². The van der Waals surface area contributed by atoms with Gasteiger partial charge in [-0.05, 0) is 30.5 Å². The van der Waals surface area contributed by atoms with E-state index in [0.29, 0.717) is 17.5 Å². The van der Waals surface area contributed by atoms with E-state index in [1.165, 1.54) is 0 Å². The summed E-state index contributed by atoms with van der Waals surface area (Å²) >= 11 is 0. The largest absolute Gasteiger partial charge is 0.452 e. The molecule has 0 saturated carbocycles. The number of amides is 1. The van der Waals surface area contributed by atoms with Crippen LogP contribution in [0, 0.1) is 6.92 Å². The van der Waals surface area contributed by atoms with E-state index in [2.05, 4.69) is 10.3 Å². The lowest BCUT2D eigenvalue weighted by Crippen LogP contribution is -2.31. The Balaban J connectivity index is 1.57. The van der Waals surface area contributed by atoms with Crippen molar-refractivity contribution in [1.82, 2.24) is 10.3 Å². The van der Waals surface area contributed by atoms with Crippen molar-refractivity contribution in [2.45, 2.75) is 19.8 Å². The average Bonchev–Trinajstić information content (AvgIpc) is 2.70. The third kappa shape index (κ3) is 4.70. The van der Waals surface area contributed by atoms with E-state index in [-0.39, 0.29) is 18.4 Å². The maximum Gasteiger partial charge on any atom is 0.339 e. The number of carbonyl (C=O) groups excluding carboxylic acids is 2. The summed E-state index contributed by atoms with van der Waals surface area (Å²) in [6, 6.07) is 19.0. The van der Waals surface area contributed by atoms with Crippen molar-refractivity contribution >= 4 is 22.8 Å².